The summed E-state index contributed by atoms with van der Waals surface area (Å²) in [6.07, 6.45) is 8.71. The summed E-state index contributed by atoms with van der Waals surface area (Å²) in [5, 5.41) is 12.3. The van der Waals surface area contributed by atoms with Gasteiger partial charge < -0.3 is 15.3 Å². The second kappa shape index (κ2) is 7.13. The van der Waals surface area contributed by atoms with E-state index >= 15 is 0 Å². The Bertz CT molecular complexity index is 286. The molecule has 0 bridgehead atoms. The zero-order valence-electron chi connectivity index (χ0n) is 12.1. The van der Waals surface area contributed by atoms with Crippen LogP contribution in [0, 0.1) is 5.92 Å². The first-order valence-electron chi connectivity index (χ1n) is 7.88. The van der Waals surface area contributed by atoms with Crippen LogP contribution in [-0.2, 0) is 0 Å². The number of nitrogens with zero attached hydrogens (tertiary/aromatic N) is 1. The van der Waals surface area contributed by atoms with E-state index in [9.17, 15) is 4.79 Å². The van der Waals surface area contributed by atoms with E-state index in [0.717, 1.165) is 44.6 Å². The number of carbonyl (C=O) groups excluding carboxylic acids is 1. The van der Waals surface area contributed by atoms with E-state index in [2.05, 4.69) is 12.2 Å². The van der Waals surface area contributed by atoms with Gasteiger partial charge >= 0.3 is 6.03 Å². The molecular weight excluding hydrogens is 240 g/mol. The molecule has 0 spiro atoms. The molecule has 4 nitrogen and oxygen atoms in total. The highest BCUT2D eigenvalue weighted by Crippen LogP contribution is 2.24. The van der Waals surface area contributed by atoms with Crippen molar-refractivity contribution in [2.75, 3.05) is 13.2 Å². The molecule has 1 atom stereocenters. The molecule has 0 aromatic rings. The Balaban J connectivity index is 1.83. The van der Waals surface area contributed by atoms with Gasteiger partial charge in [0.2, 0.25) is 0 Å². The monoisotopic (exact) mass is 268 g/mol. The molecule has 19 heavy (non-hydrogen) atoms. The third-order valence-corrected chi connectivity index (χ3v) is 4.69. The maximum atomic E-state index is 12.4. The first-order valence-corrected chi connectivity index (χ1v) is 7.88. The fourth-order valence-corrected chi connectivity index (χ4v) is 3.38. The molecule has 2 amide bonds. The minimum atomic E-state index is 0.0951. The molecular formula is C15H28N2O2. The number of aliphatic hydroxyl groups is 1. The van der Waals surface area contributed by atoms with Gasteiger partial charge in [0.05, 0.1) is 0 Å². The largest absolute Gasteiger partial charge is 0.396 e. The van der Waals surface area contributed by atoms with Crippen molar-refractivity contribution in [3.05, 3.63) is 0 Å². The topological polar surface area (TPSA) is 52.6 Å². The molecule has 1 aliphatic carbocycles. The van der Waals surface area contributed by atoms with Gasteiger partial charge in [-0.05, 0) is 57.3 Å². The predicted molar refractivity (Wildman–Crippen MR) is 76.0 cm³/mol. The first kappa shape index (κ1) is 14.6. The van der Waals surface area contributed by atoms with Gasteiger partial charge in [-0.25, -0.2) is 4.79 Å². The van der Waals surface area contributed by atoms with Gasteiger partial charge in [-0.15, -0.1) is 0 Å². The van der Waals surface area contributed by atoms with Crippen LogP contribution in [0.4, 0.5) is 4.79 Å². The van der Waals surface area contributed by atoms with Gasteiger partial charge in [0.1, 0.15) is 0 Å². The lowest BCUT2D eigenvalue weighted by Gasteiger charge is -2.37. The van der Waals surface area contributed by atoms with Crippen LogP contribution >= 0.6 is 0 Å². The Morgan fingerprint density at radius 2 is 1.95 bits per heavy atom. The Morgan fingerprint density at radius 3 is 2.63 bits per heavy atom. The number of nitrogens with one attached hydrogen (secondary N) is 1. The van der Waals surface area contributed by atoms with Crippen LogP contribution in [0.1, 0.15) is 58.3 Å². The van der Waals surface area contributed by atoms with Crippen LogP contribution in [0.3, 0.4) is 0 Å². The molecule has 1 saturated carbocycles. The van der Waals surface area contributed by atoms with Crippen molar-refractivity contribution >= 4 is 6.03 Å². The zero-order valence-corrected chi connectivity index (χ0v) is 12.1. The van der Waals surface area contributed by atoms with Crippen LogP contribution < -0.4 is 5.32 Å². The van der Waals surface area contributed by atoms with Crippen molar-refractivity contribution in [2.45, 2.75) is 70.4 Å². The van der Waals surface area contributed by atoms with E-state index < -0.39 is 0 Å². The summed E-state index contributed by atoms with van der Waals surface area (Å²) in [6.45, 7) is 3.31. The lowest BCUT2D eigenvalue weighted by molar-refractivity contribution is 0.127. The molecule has 1 heterocycles. The molecule has 2 rings (SSSR count). The Kier molecular flexibility index (Phi) is 5.49. The molecule has 0 aromatic heterocycles. The SMILES string of the molecule is CC1CCC(NC(=O)N2CCCCC2CCO)CC1. The number of hydrogen-bond donors (Lipinski definition) is 2. The van der Waals surface area contributed by atoms with Crippen LogP contribution in [-0.4, -0.2) is 41.3 Å². The number of piperidine rings is 1. The fraction of sp³-hybridized carbons (Fsp3) is 0.933. The zero-order chi connectivity index (χ0) is 13.7. The number of likely N-dealkylation sites (tertiary alicyclic amines) is 1. The summed E-state index contributed by atoms with van der Waals surface area (Å²) < 4.78 is 0. The summed E-state index contributed by atoms with van der Waals surface area (Å²) in [5.74, 6) is 0.810. The van der Waals surface area contributed by atoms with Gasteiger partial charge in [0.25, 0.3) is 0 Å². The molecule has 1 saturated heterocycles. The van der Waals surface area contributed by atoms with E-state index in [1.807, 2.05) is 4.90 Å². The fourth-order valence-electron chi connectivity index (χ4n) is 3.38. The van der Waals surface area contributed by atoms with Crippen LogP contribution in [0.2, 0.25) is 0 Å². The van der Waals surface area contributed by atoms with Crippen LogP contribution in [0.15, 0.2) is 0 Å². The van der Waals surface area contributed by atoms with Crippen molar-refractivity contribution in [1.82, 2.24) is 10.2 Å². The highest BCUT2D eigenvalue weighted by molar-refractivity contribution is 5.75. The minimum absolute atomic E-state index is 0.0951. The molecule has 110 valence electrons. The van der Waals surface area contributed by atoms with Gasteiger partial charge in [-0.2, -0.15) is 0 Å². The van der Waals surface area contributed by atoms with Crippen molar-refractivity contribution in [2.24, 2.45) is 5.92 Å². The van der Waals surface area contributed by atoms with Crippen LogP contribution in [0.25, 0.3) is 0 Å². The van der Waals surface area contributed by atoms with Crippen molar-refractivity contribution < 1.29 is 9.90 Å². The maximum Gasteiger partial charge on any atom is 0.317 e. The van der Waals surface area contributed by atoms with Crippen LogP contribution in [0.5, 0.6) is 0 Å². The lowest BCUT2D eigenvalue weighted by atomic mass is 9.87. The standard InChI is InChI=1S/C15H28N2O2/c1-12-5-7-13(8-6-12)16-15(19)17-10-3-2-4-14(17)9-11-18/h12-14,18H,2-11H2,1H3,(H,16,19). The molecule has 0 radical (unpaired) electrons. The number of urea groups is 1. The Labute approximate surface area is 116 Å². The molecule has 1 unspecified atom stereocenters. The summed E-state index contributed by atoms with van der Waals surface area (Å²) in [6, 6.07) is 0.694. The molecule has 1 aliphatic heterocycles. The summed E-state index contributed by atoms with van der Waals surface area (Å²) in [7, 11) is 0. The van der Waals surface area contributed by atoms with Gasteiger partial charge in [-0.1, -0.05) is 6.92 Å². The van der Waals surface area contributed by atoms with Gasteiger partial charge in [-0.3, -0.25) is 0 Å². The number of aliphatic hydroxyl groups excluding tert-OH is 1. The smallest absolute Gasteiger partial charge is 0.317 e. The highest BCUT2D eigenvalue weighted by Gasteiger charge is 2.28. The lowest BCUT2D eigenvalue weighted by Crippen LogP contribution is -2.52. The van der Waals surface area contributed by atoms with E-state index in [1.165, 1.54) is 19.3 Å². The number of rotatable bonds is 3. The highest BCUT2D eigenvalue weighted by atomic mass is 16.3. The first-order chi connectivity index (χ1) is 9.20. The second-order valence-corrected chi connectivity index (χ2v) is 6.26. The van der Waals surface area contributed by atoms with Crippen molar-refractivity contribution in [1.29, 1.82) is 0 Å². The quantitative estimate of drug-likeness (QED) is 0.826. The molecule has 4 heteroatoms. The molecule has 2 aliphatic rings. The molecule has 2 N–H and O–H groups in total. The van der Waals surface area contributed by atoms with E-state index in [4.69, 9.17) is 5.11 Å². The molecule has 2 fully saturated rings. The Morgan fingerprint density at radius 1 is 1.21 bits per heavy atom. The van der Waals surface area contributed by atoms with E-state index in [1.54, 1.807) is 0 Å². The average molecular weight is 268 g/mol. The van der Waals surface area contributed by atoms with Gasteiger partial charge in [0, 0.05) is 25.2 Å². The normalized spacial score (nSPS) is 32.1. The third-order valence-electron chi connectivity index (χ3n) is 4.69. The number of amides is 2. The number of carbonyl (C=O) groups is 1. The van der Waals surface area contributed by atoms with Gasteiger partial charge in [0.15, 0.2) is 0 Å². The minimum Gasteiger partial charge on any atom is -0.396 e. The van der Waals surface area contributed by atoms with Crippen molar-refractivity contribution in [3.8, 4) is 0 Å². The summed E-state index contributed by atoms with van der Waals surface area (Å²) in [4.78, 5) is 14.3. The molecule has 0 aromatic carbocycles. The second-order valence-electron chi connectivity index (χ2n) is 6.26. The van der Waals surface area contributed by atoms with Crippen molar-refractivity contribution in [3.63, 3.8) is 0 Å². The maximum absolute atomic E-state index is 12.4. The third kappa shape index (κ3) is 4.10. The average Bonchev–Trinajstić information content (AvgIpc) is 2.42. The summed E-state index contributed by atoms with van der Waals surface area (Å²) in [5.41, 5.74) is 0. The van der Waals surface area contributed by atoms with E-state index in [-0.39, 0.29) is 18.7 Å². The summed E-state index contributed by atoms with van der Waals surface area (Å²) >= 11 is 0. The predicted octanol–water partition coefficient (Wildman–Crippen LogP) is 2.51. The van der Waals surface area contributed by atoms with E-state index in [0.29, 0.717) is 6.04 Å². The Hall–Kier alpha value is -0.770. The number of hydrogen-bond acceptors (Lipinski definition) is 2.